The second kappa shape index (κ2) is 8.00. The van der Waals surface area contributed by atoms with E-state index in [9.17, 15) is 9.59 Å². The molecule has 5 rings (SSSR count). The van der Waals surface area contributed by atoms with Crippen molar-refractivity contribution in [1.29, 1.82) is 0 Å². The number of nitrogens with zero attached hydrogens (tertiary/aromatic N) is 4. The second-order valence-corrected chi connectivity index (χ2v) is 8.24. The molecule has 1 aliphatic heterocycles. The summed E-state index contributed by atoms with van der Waals surface area (Å²) in [6, 6.07) is 19.8. The van der Waals surface area contributed by atoms with E-state index in [4.69, 9.17) is 0 Å². The summed E-state index contributed by atoms with van der Waals surface area (Å²) in [6.45, 7) is 6.50. The zero-order valence-corrected chi connectivity index (χ0v) is 17.6. The first kappa shape index (κ1) is 19.5. The Hall–Kier alpha value is -3.45. The van der Waals surface area contributed by atoms with E-state index in [0.717, 1.165) is 49.3 Å². The lowest BCUT2D eigenvalue weighted by molar-refractivity contribution is -0.917. The number of carbonyl (C=O) groups is 1. The summed E-state index contributed by atoms with van der Waals surface area (Å²) < 4.78 is 3.83. The van der Waals surface area contributed by atoms with Gasteiger partial charge in [-0.1, -0.05) is 42.5 Å². The van der Waals surface area contributed by atoms with Gasteiger partial charge in [-0.2, -0.15) is 4.98 Å². The number of hydrogen-bond donors (Lipinski definition) is 1. The van der Waals surface area contributed by atoms with Crippen LogP contribution in [0.3, 0.4) is 0 Å². The van der Waals surface area contributed by atoms with Crippen LogP contribution < -0.4 is 10.5 Å². The van der Waals surface area contributed by atoms with Crippen LogP contribution in [0.1, 0.15) is 11.3 Å². The standard InChI is InChI=1S/C24H25N5O2/c1-18-15-22(30)25-24-20-9-5-6-10-21(20)28(29(18)24)17-23(31)27-13-11-26(12-14-27)16-19-7-3-2-4-8-19/h2-10,15H,11-14,16-17H2,1H3/p+1. The van der Waals surface area contributed by atoms with E-state index >= 15 is 0 Å². The fourth-order valence-electron chi connectivity index (χ4n) is 4.58. The molecule has 0 atom stereocenters. The highest BCUT2D eigenvalue weighted by atomic mass is 16.2. The maximum atomic E-state index is 13.2. The molecule has 1 N–H and O–H groups in total. The van der Waals surface area contributed by atoms with Gasteiger partial charge < -0.3 is 9.80 Å². The van der Waals surface area contributed by atoms with Crippen molar-refractivity contribution >= 4 is 22.5 Å². The Kier molecular flexibility index (Phi) is 5.03. The van der Waals surface area contributed by atoms with Gasteiger partial charge in [0.2, 0.25) is 5.91 Å². The molecular formula is C24H26N5O2+. The number of fused-ring (bicyclic) bond motifs is 3. The van der Waals surface area contributed by atoms with Crippen LogP contribution in [0.25, 0.3) is 16.6 Å². The number of nitrogens with one attached hydrogen (secondary N) is 1. The molecule has 0 spiro atoms. The van der Waals surface area contributed by atoms with Crippen LogP contribution in [0.5, 0.6) is 0 Å². The van der Waals surface area contributed by atoms with E-state index < -0.39 is 0 Å². The zero-order valence-electron chi connectivity index (χ0n) is 17.6. The lowest BCUT2D eigenvalue weighted by Gasteiger charge is -2.32. The van der Waals surface area contributed by atoms with Crippen molar-refractivity contribution < 1.29 is 9.69 Å². The van der Waals surface area contributed by atoms with Gasteiger partial charge in [-0.05, 0) is 19.1 Å². The van der Waals surface area contributed by atoms with Gasteiger partial charge in [0.25, 0.3) is 5.56 Å². The summed E-state index contributed by atoms with van der Waals surface area (Å²) in [4.78, 5) is 32.8. The van der Waals surface area contributed by atoms with E-state index in [2.05, 4.69) is 29.2 Å². The molecule has 158 valence electrons. The van der Waals surface area contributed by atoms with Gasteiger partial charge in [0.15, 0.2) is 5.65 Å². The molecule has 1 saturated heterocycles. The highest BCUT2D eigenvalue weighted by Crippen LogP contribution is 2.21. The predicted octanol–water partition coefficient (Wildman–Crippen LogP) is 0.885. The SMILES string of the molecule is Cc1cc(=O)nc2c3ccccc3n(CC(=O)N3CC[NH+](Cc4ccccc4)CC3)n12. The van der Waals surface area contributed by atoms with Gasteiger partial charge in [-0.25, -0.2) is 4.52 Å². The van der Waals surface area contributed by atoms with Crippen molar-refractivity contribution in [3.8, 4) is 0 Å². The Morgan fingerprint density at radius 2 is 1.74 bits per heavy atom. The first-order valence-electron chi connectivity index (χ1n) is 10.7. The molecule has 1 fully saturated rings. The second-order valence-electron chi connectivity index (χ2n) is 8.24. The fraction of sp³-hybridized carbons (Fsp3) is 0.292. The Labute approximate surface area is 180 Å². The molecule has 4 aromatic rings. The smallest absolute Gasteiger partial charge is 0.273 e. The molecule has 7 nitrogen and oxygen atoms in total. The van der Waals surface area contributed by atoms with Crippen LogP contribution in [0.2, 0.25) is 0 Å². The molecule has 0 radical (unpaired) electrons. The lowest BCUT2D eigenvalue weighted by Crippen LogP contribution is -3.13. The summed E-state index contributed by atoms with van der Waals surface area (Å²) >= 11 is 0. The maximum Gasteiger partial charge on any atom is 0.273 e. The summed E-state index contributed by atoms with van der Waals surface area (Å²) in [5.74, 6) is 0.0968. The minimum absolute atomic E-state index is 0.0968. The maximum absolute atomic E-state index is 13.2. The third-order valence-corrected chi connectivity index (χ3v) is 6.15. The number of para-hydroxylation sites is 1. The van der Waals surface area contributed by atoms with Crippen molar-refractivity contribution in [1.82, 2.24) is 19.1 Å². The highest BCUT2D eigenvalue weighted by Gasteiger charge is 2.25. The highest BCUT2D eigenvalue weighted by molar-refractivity contribution is 5.93. The molecule has 1 aliphatic rings. The van der Waals surface area contributed by atoms with Gasteiger partial charge in [0.05, 0.1) is 31.7 Å². The van der Waals surface area contributed by atoms with E-state index in [1.165, 1.54) is 16.5 Å². The Morgan fingerprint density at radius 3 is 2.52 bits per heavy atom. The molecule has 0 aliphatic carbocycles. The molecule has 3 heterocycles. The van der Waals surface area contributed by atoms with Crippen LogP contribution >= 0.6 is 0 Å². The summed E-state index contributed by atoms with van der Waals surface area (Å²) in [7, 11) is 0. The van der Waals surface area contributed by atoms with Crippen LogP contribution in [0, 0.1) is 6.92 Å². The van der Waals surface area contributed by atoms with E-state index in [1.807, 2.05) is 51.4 Å². The number of hydrogen-bond acceptors (Lipinski definition) is 3. The minimum Gasteiger partial charge on any atom is -0.330 e. The van der Waals surface area contributed by atoms with Crippen LogP contribution in [-0.2, 0) is 17.9 Å². The van der Waals surface area contributed by atoms with Crippen molar-refractivity contribution in [3.05, 3.63) is 82.3 Å². The first-order valence-corrected chi connectivity index (χ1v) is 10.7. The average Bonchev–Trinajstić information content (AvgIpc) is 3.09. The minimum atomic E-state index is -0.260. The van der Waals surface area contributed by atoms with Crippen LogP contribution in [0.15, 0.2) is 65.5 Å². The topological polar surface area (TPSA) is 64.0 Å². The fourth-order valence-corrected chi connectivity index (χ4v) is 4.58. The molecule has 0 bridgehead atoms. The average molecular weight is 417 g/mol. The number of rotatable bonds is 4. The predicted molar refractivity (Wildman–Crippen MR) is 119 cm³/mol. The third-order valence-electron chi connectivity index (χ3n) is 6.15. The third kappa shape index (κ3) is 3.72. The number of carbonyl (C=O) groups excluding carboxylic acids is 1. The lowest BCUT2D eigenvalue weighted by atomic mass is 10.2. The van der Waals surface area contributed by atoms with Gasteiger partial charge in [0, 0.05) is 22.7 Å². The Morgan fingerprint density at radius 1 is 1.03 bits per heavy atom. The van der Waals surface area contributed by atoms with E-state index in [0.29, 0.717) is 5.65 Å². The molecular weight excluding hydrogens is 390 g/mol. The number of amides is 1. The molecule has 7 heteroatoms. The molecule has 0 unspecified atom stereocenters. The van der Waals surface area contributed by atoms with Gasteiger partial charge in [-0.15, -0.1) is 0 Å². The van der Waals surface area contributed by atoms with Gasteiger partial charge >= 0.3 is 0 Å². The number of piperazine rings is 1. The Bertz CT molecular complexity index is 1300. The molecule has 2 aromatic carbocycles. The molecule has 2 aromatic heterocycles. The van der Waals surface area contributed by atoms with E-state index in [-0.39, 0.29) is 18.0 Å². The molecule has 1 amide bonds. The number of quaternary nitrogens is 1. The largest absolute Gasteiger partial charge is 0.330 e. The molecule has 0 saturated carbocycles. The Balaban J connectivity index is 1.36. The number of aromatic nitrogens is 3. The van der Waals surface area contributed by atoms with Crippen molar-refractivity contribution in [2.75, 3.05) is 26.2 Å². The monoisotopic (exact) mass is 416 g/mol. The molecule has 31 heavy (non-hydrogen) atoms. The quantitative estimate of drug-likeness (QED) is 0.537. The zero-order chi connectivity index (χ0) is 21.4. The summed E-state index contributed by atoms with van der Waals surface area (Å²) in [6.07, 6.45) is 0. The van der Waals surface area contributed by atoms with Crippen LogP contribution in [-0.4, -0.2) is 51.2 Å². The van der Waals surface area contributed by atoms with Gasteiger partial charge in [-0.3, -0.25) is 14.3 Å². The van der Waals surface area contributed by atoms with Crippen molar-refractivity contribution in [3.63, 3.8) is 0 Å². The number of aryl methyl sites for hydroxylation is 1. The van der Waals surface area contributed by atoms with Crippen molar-refractivity contribution in [2.24, 2.45) is 0 Å². The summed E-state index contributed by atoms with van der Waals surface area (Å²) in [5, 5.41) is 0.883. The van der Waals surface area contributed by atoms with Gasteiger partial charge in [0.1, 0.15) is 13.1 Å². The normalized spacial score (nSPS) is 15.1. The number of benzene rings is 2. The summed E-state index contributed by atoms with van der Waals surface area (Å²) in [5.41, 5.74) is 3.36. The first-order chi connectivity index (χ1) is 15.1. The van der Waals surface area contributed by atoms with Crippen LogP contribution in [0.4, 0.5) is 0 Å². The van der Waals surface area contributed by atoms with Crippen molar-refractivity contribution in [2.45, 2.75) is 20.0 Å². The van der Waals surface area contributed by atoms with E-state index in [1.54, 1.807) is 0 Å².